The third-order valence-corrected chi connectivity index (χ3v) is 5.61. The second-order valence-corrected chi connectivity index (χ2v) is 8.31. The number of allylic oxidation sites excluding steroid dienone is 1. The van der Waals surface area contributed by atoms with Crippen LogP contribution in [0.3, 0.4) is 0 Å². The van der Waals surface area contributed by atoms with Gasteiger partial charge in [-0.15, -0.1) is 0 Å². The molecule has 3 aromatic rings. The van der Waals surface area contributed by atoms with Crippen molar-refractivity contribution in [2.75, 3.05) is 14.2 Å². The first-order valence-corrected chi connectivity index (χ1v) is 11.3. The first-order valence-electron chi connectivity index (χ1n) is 11.3. The van der Waals surface area contributed by atoms with Crippen LogP contribution < -0.4 is 29.4 Å². The molecule has 1 atom stereocenters. The van der Waals surface area contributed by atoms with Crippen LogP contribution in [0.15, 0.2) is 72.1 Å². The summed E-state index contributed by atoms with van der Waals surface area (Å²) >= 11 is 0. The van der Waals surface area contributed by atoms with Crippen LogP contribution in [0.5, 0.6) is 28.7 Å². The van der Waals surface area contributed by atoms with Crippen LogP contribution in [0.25, 0.3) is 0 Å². The molecule has 0 saturated carbocycles. The molecule has 0 spiro atoms. The average Bonchev–Trinajstić information content (AvgIpc) is 2.87. The van der Waals surface area contributed by atoms with Crippen molar-refractivity contribution in [3.63, 3.8) is 0 Å². The number of hydrogen-bond acceptors (Lipinski definition) is 8. The Morgan fingerprint density at radius 1 is 0.944 bits per heavy atom. The first-order chi connectivity index (χ1) is 17.3. The molecule has 0 aromatic heterocycles. The Morgan fingerprint density at radius 2 is 1.64 bits per heavy atom. The molecule has 4 rings (SSSR count). The molecule has 1 heterocycles. The summed E-state index contributed by atoms with van der Waals surface area (Å²) in [7, 11) is 3.11. The third kappa shape index (κ3) is 4.91. The van der Waals surface area contributed by atoms with Gasteiger partial charge in [0.15, 0.2) is 0 Å². The van der Waals surface area contributed by atoms with E-state index in [1.54, 1.807) is 74.9 Å². The van der Waals surface area contributed by atoms with E-state index in [1.165, 1.54) is 0 Å². The predicted octanol–water partition coefficient (Wildman–Crippen LogP) is 4.93. The van der Waals surface area contributed by atoms with E-state index in [4.69, 9.17) is 29.4 Å². The molecule has 8 heteroatoms. The van der Waals surface area contributed by atoms with Crippen LogP contribution in [-0.2, 0) is 0 Å². The fourth-order valence-corrected chi connectivity index (χ4v) is 3.99. The number of hydrogen-bond donors (Lipinski definition) is 1. The van der Waals surface area contributed by atoms with Crippen molar-refractivity contribution in [2.24, 2.45) is 5.73 Å². The van der Waals surface area contributed by atoms with E-state index in [0.29, 0.717) is 39.7 Å². The maximum absolute atomic E-state index is 12.7. The number of nitrogens with two attached hydrogens (primary N) is 1. The lowest BCUT2D eigenvalue weighted by Crippen LogP contribution is -2.21. The van der Waals surface area contributed by atoms with Gasteiger partial charge in [0.25, 0.3) is 0 Å². The van der Waals surface area contributed by atoms with Gasteiger partial charge in [0, 0.05) is 17.2 Å². The number of ether oxygens (including phenoxy) is 5. The normalized spacial score (nSPS) is 14.4. The number of esters is 1. The van der Waals surface area contributed by atoms with Gasteiger partial charge in [-0.2, -0.15) is 5.26 Å². The summed E-state index contributed by atoms with van der Waals surface area (Å²) in [5.41, 5.74) is 8.10. The van der Waals surface area contributed by atoms with E-state index < -0.39 is 11.9 Å². The van der Waals surface area contributed by atoms with Gasteiger partial charge in [0.05, 0.1) is 31.8 Å². The Hall–Kier alpha value is -4.64. The van der Waals surface area contributed by atoms with Gasteiger partial charge in [-0.05, 0) is 62.4 Å². The van der Waals surface area contributed by atoms with Crippen molar-refractivity contribution in [1.29, 1.82) is 5.26 Å². The number of carbonyl (C=O) groups is 1. The van der Waals surface area contributed by atoms with Crippen molar-refractivity contribution < 1.29 is 28.5 Å². The van der Waals surface area contributed by atoms with Crippen molar-refractivity contribution in [1.82, 2.24) is 0 Å². The molecule has 3 aromatic carbocycles. The SMILES string of the molecule is COc1ccc(OC)c(C2C(C#N)=C(N)Oc3cc(OC(=O)c4ccc(OC(C)C)cc4)ccc32)c1. The monoisotopic (exact) mass is 486 g/mol. The highest BCUT2D eigenvalue weighted by Crippen LogP contribution is 2.46. The number of rotatable bonds is 7. The molecule has 8 nitrogen and oxygen atoms in total. The summed E-state index contributed by atoms with van der Waals surface area (Å²) < 4.78 is 27.9. The zero-order valence-electron chi connectivity index (χ0n) is 20.4. The smallest absolute Gasteiger partial charge is 0.343 e. The Labute approximate surface area is 209 Å². The molecular formula is C28H26N2O6. The summed E-state index contributed by atoms with van der Waals surface area (Å²) in [4.78, 5) is 12.7. The van der Waals surface area contributed by atoms with Crippen LogP contribution in [0.1, 0.15) is 41.3 Å². The molecule has 0 bridgehead atoms. The van der Waals surface area contributed by atoms with Crippen molar-refractivity contribution >= 4 is 5.97 Å². The van der Waals surface area contributed by atoms with Crippen LogP contribution in [-0.4, -0.2) is 26.3 Å². The summed E-state index contributed by atoms with van der Waals surface area (Å²) in [5.74, 6) is 1.33. The number of nitrogens with zero attached hydrogens (tertiary/aromatic N) is 1. The van der Waals surface area contributed by atoms with Gasteiger partial charge in [-0.25, -0.2) is 4.79 Å². The van der Waals surface area contributed by atoms with Crippen LogP contribution >= 0.6 is 0 Å². The van der Waals surface area contributed by atoms with E-state index in [2.05, 4.69) is 6.07 Å². The lowest BCUT2D eigenvalue weighted by Gasteiger charge is -2.28. The number of benzene rings is 3. The van der Waals surface area contributed by atoms with Gasteiger partial charge in [0.1, 0.15) is 40.4 Å². The molecule has 1 aliphatic rings. The van der Waals surface area contributed by atoms with Gasteiger partial charge >= 0.3 is 5.97 Å². The minimum Gasteiger partial charge on any atom is -0.497 e. The quantitative estimate of drug-likeness (QED) is 0.370. The molecule has 0 fully saturated rings. The van der Waals surface area contributed by atoms with Gasteiger partial charge in [-0.3, -0.25) is 0 Å². The summed E-state index contributed by atoms with van der Waals surface area (Å²) in [6.07, 6.45) is 0.0297. The first kappa shape index (κ1) is 24.5. The fraction of sp³-hybridized carbons (Fsp3) is 0.214. The molecule has 184 valence electrons. The highest BCUT2D eigenvalue weighted by Gasteiger charge is 2.33. The predicted molar refractivity (Wildman–Crippen MR) is 132 cm³/mol. The second-order valence-electron chi connectivity index (χ2n) is 8.31. The molecule has 0 aliphatic carbocycles. The molecule has 0 saturated heterocycles. The average molecular weight is 487 g/mol. The molecule has 1 unspecified atom stereocenters. The van der Waals surface area contributed by atoms with Gasteiger partial charge in [0.2, 0.25) is 5.88 Å². The standard InChI is InChI=1S/C28H26N2O6/c1-16(2)34-18-7-5-17(6-8-18)28(31)35-20-9-11-21-25(14-20)36-27(30)23(15-29)26(21)22-13-19(32-3)10-12-24(22)33-4/h5-14,16,26H,30H2,1-4H3. The summed E-state index contributed by atoms with van der Waals surface area (Å²) in [6, 6.07) is 19.2. The van der Waals surface area contributed by atoms with E-state index in [0.717, 1.165) is 0 Å². The Kier molecular flexibility index (Phi) is 7.02. The Morgan fingerprint density at radius 3 is 2.28 bits per heavy atom. The van der Waals surface area contributed by atoms with Gasteiger partial charge < -0.3 is 29.4 Å². The van der Waals surface area contributed by atoms with E-state index in [-0.39, 0.29) is 23.3 Å². The van der Waals surface area contributed by atoms with Gasteiger partial charge in [-0.1, -0.05) is 6.07 Å². The van der Waals surface area contributed by atoms with Crippen LogP contribution in [0.2, 0.25) is 0 Å². The van der Waals surface area contributed by atoms with Crippen molar-refractivity contribution in [3.05, 3.63) is 88.8 Å². The fourth-order valence-electron chi connectivity index (χ4n) is 3.99. The molecule has 1 aliphatic heterocycles. The topological polar surface area (TPSA) is 113 Å². The van der Waals surface area contributed by atoms with Crippen LogP contribution in [0, 0.1) is 11.3 Å². The van der Waals surface area contributed by atoms with E-state index in [9.17, 15) is 10.1 Å². The third-order valence-electron chi connectivity index (χ3n) is 5.61. The molecular weight excluding hydrogens is 460 g/mol. The lowest BCUT2D eigenvalue weighted by molar-refractivity contribution is 0.0734. The van der Waals surface area contributed by atoms with Crippen molar-refractivity contribution in [3.8, 4) is 34.8 Å². The highest BCUT2D eigenvalue weighted by atomic mass is 16.5. The second kappa shape index (κ2) is 10.3. The Bertz CT molecular complexity index is 1360. The summed E-state index contributed by atoms with van der Waals surface area (Å²) in [5, 5.41) is 9.86. The number of methoxy groups -OCH3 is 2. The van der Waals surface area contributed by atoms with Crippen molar-refractivity contribution in [2.45, 2.75) is 25.9 Å². The lowest BCUT2D eigenvalue weighted by atomic mass is 9.83. The molecule has 0 radical (unpaired) electrons. The zero-order valence-corrected chi connectivity index (χ0v) is 20.4. The number of nitriles is 1. The Balaban J connectivity index is 1.66. The highest BCUT2D eigenvalue weighted by molar-refractivity contribution is 5.91. The van der Waals surface area contributed by atoms with E-state index >= 15 is 0 Å². The van der Waals surface area contributed by atoms with Crippen LogP contribution in [0.4, 0.5) is 0 Å². The largest absolute Gasteiger partial charge is 0.497 e. The molecule has 2 N–H and O–H groups in total. The maximum atomic E-state index is 12.7. The zero-order chi connectivity index (χ0) is 25.8. The summed E-state index contributed by atoms with van der Waals surface area (Å²) in [6.45, 7) is 3.85. The minimum absolute atomic E-state index is 0.0297. The molecule has 0 amide bonds. The number of carbonyl (C=O) groups excluding carboxylic acids is 1. The maximum Gasteiger partial charge on any atom is 0.343 e. The molecule has 36 heavy (non-hydrogen) atoms. The van der Waals surface area contributed by atoms with E-state index in [1.807, 2.05) is 13.8 Å². The number of fused-ring (bicyclic) bond motifs is 1. The minimum atomic E-state index is -0.568.